The summed E-state index contributed by atoms with van der Waals surface area (Å²) in [6, 6.07) is 26.8. The van der Waals surface area contributed by atoms with Crippen LogP contribution in [0, 0.1) is 6.92 Å². The van der Waals surface area contributed by atoms with E-state index in [-0.39, 0.29) is 0 Å². The maximum atomic E-state index is 4.82. The van der Waals surface area contributed by atoms with Crippen LogP contribution < -0.4 is 0 Å². The quantitative estimate of drug-likeness (QED) is 0.503. The molecule has 1 aromatic heterocycles. The highest BCUT2D eigenvalue weighted by Crippen LogP contribution is 2.26. The van der Waals surface area contributed by atoms with Gasteiger partial charge in [-0.25, -0.2) is 9.97 Å². The van der Waals surface area contributed by atoms with Gasteiger partial charge in [0.25, 0.3) is 0 Å². The molecule has 1 heterocycles. The van der Waals surface area contributed by atoms with Crippen molar-refractivity contribution < 1.29 is 0 Å². The fraction of sp³-hybridized carbons (Fsp3) is 0.0476. The SMILES string of the molecule is Cc1nc2cc(-c3ccccc3)ccc2nc1-c1ccccc1. The van der Waals surface area contributed by atoms with Crippen molar-refractivity contribution in [2.45, 2.75) is 6.92 Å². The van der Waals surface area contributed by atoms with Crippen LogP contribution in [-0.4, -0.2) is 9.97 Å². The molecule has 110 valence electrons. The zero-order valence-corrected chi connectivity index (χ0v) is 12.9. The van der Waals surface area contributed by atoms with Gasteiger partial charge in [-0.15, -0.1) is 0 Å². The first-order valence-electron chi connectivity index (χ1n) is 7.70. The number of rotatable bonds is 2. The molecule has 4 rings (SSSR count). The largest absolute Gasteiger partial charge is 0.249 e. The van der Waals surface area contributed by atoms with Crippen LogP contribution in [0.15, 0.2) is 78.9 Å². The molecule has 23 heavy (non-hydrogen) atoms. The Morgan fingerprint density at radius 3 is 1.91 bits per heavy atom. The molecule has 2 nitrogen and oxygen atoms in total. The van der Waals surface area contributed by atoms with E-state index in [1.54, 1.807) is 0 Å². The van der Waals surface area contributed by atoms with Crippen LogP contribution in [0.2, 0.25) is 0 Å². The third-order valence-corrected chi connectivity index (χ3v) is 3.99. The zero-order chi connectivity index (χ0) is 15.6. The highest BCUT2D eigenvalue weighted by Gasteiger charge is 2.08. The fourth-order valence-corrected chi connectivity index (χ4v) is 2.82. The molecule has 0 N–H and O–H groups in total. The number of hydrogen-bond acceptors (Lipinski definition) is 2. The molecule has 0 fully saturated rings. The van der Waals surface area contributed by atoms with Gasteiger partial charge < -0.3 is 0 Å². The normalized spacial score (nSPS) is 10.8. The van der Waals surface area contributed by atoms with Crippen LogP contribution in [0.3, 0.4) is 0 Å². The van der Waals surface area contributed by atoms with Crippen molar-refractivity contribution in [2.75, 3.05) is 0 Å². The van der Waals surface area contributed by atoms with Crippen LogP contribution >= 0.6 is 0 Å². The molecule has 0 aliphatic rings. The van der Waals surface area contributed by atoms with Crippen molar-refractivity contribution in [3.63, 3.8) is 0 Å². The number of benzene rings is 3. The zero-order valence-electron chi connectivity index (χ0n) is 12.9. The number of aromatic nitrogens is 2. The van der Waals surface area contributed by atoms with Gasteiger partial charge in [-0.1, -0.05) is 66.7 Å². The summed E-state index contributed by atoms with van der Waals surface area (Å²) in [5.74, 6) is 0. The first-order chi connectivity index (χ1) is 11.3. The van der Waals surface area contributed by atoms with E-state index >= 15 is 0 Å². The third-order valence-electron chi connectivity index (χ3n) is 3.99. The second-order valence-corrected chi connectivity index (χ2v) is 5.59. The highest BCUT2D eigenvalue weighted by molar-refractivity contribution is 5.83. The second-order valence-electron chi connectivity index (χ2n) is 5.59. The topological polar surface area (TPSA) is 25.8 Å². The number of fused-ring (bicyclic) bond motifs is 1. The van der Waals surface area contributed by atoms with Gasteiger partial charge in [0.05, 0.1) is 22.4 Å². The monoisotopic (exact) mass is 296 g/mol. The Labute approximate surface area is 135 Å². The molecule has 0 aliphatic carbocycles. The summed E-state index contributed by atoms with van der Waals surface area (Å²) in [5.41, 5.74) is 7.23. The highest BCUT2D eigenvalue weighted by atomic mass is 14.8. The molecule has 0 unspecified atom stereocenters. The van der Waals surface area contributed by atoms with Gasteiger partial charge in [0.2, 0.25) is 0 Å². The molecule has 0 saturated heterocycles. The number of nitrogens with zero attached hydrogens (tertiary/aromatic N) is 2. The molecular weight excluding hydrogens is 280 g/mol. The minimum atomic E-state index is 0.925. The molecule has 0 amide bonds. The van der Waals surface area contributed by atoms with E-state index in [4.69, 9.17) is 9.97 Å². The summed E-state index contributed by atoms with van der Waals surface area (Å²) in [5, 5.41) is 0. The molecule has 0 radical (unpaired) electrons. The first kappa shape index (κ1) is 13.6. The molecule has 0 spiro atoms. The molecule has 0 saturated carbocycles. The summed E-state index contributed by atoms with van der Waals surface area (Å²) in [7, 11) is 0. The van der Waals surface area contributed by atoms with Gasteiger partial charge in [0.1, 0.15) is 0 Å². The number of aryl methyl sites for hydroxylation is 1. The van der Waals surface area contributed by atoms with Crippen molar-refractivity contribution >= 4 is 11.0 Å². The molecule has 4 aromatic rings. The van der Waals surface area contributed by atoms with E-state index in [0.29, 0.717) is 0 Å². The van der Waals surface area contributed by atoms with Crippen LogP contribution in [0.1, 0.15) is 5.69 Å². The van der Waals surface area contributed by atoms with Crippen LogP contribution in [0.5, 0.6) is 0 Å². The Bertz CT molecular complexity index is 961. The van der Waals surface area contributed by atoms with E-state index in [2.05, 4.69) is 54.6 Å². The minimum absolute atomic E-state index is 0.925. The van der Waals surface area contributed by atoms with Crippen molar-refractivity contribution in [1.29, 1.82) is 0 Å². The lowest BCUT2D eigenvalue weighted by molar-refractivity contribution is 1.19. The van der Waals surface area contributed by atoms with Gasteiger partial charge in [-0.2, -0.15) is 0 Å². The molecule has 0 atom stereocenters. The van der Waals surface area contributed by atoms with E-state index in [1.165, 1.54) is 11.1 Å². The van der Waals surface area contributed by atoms with E-state index in [9.17, 15) is 0 Å². The Balaban J connectivity index is 1.86. The van der Waals surface area contributed by atoms with E-state index < -0.39 is 0 Å². The fourth-order valence-electron chi connectivity index (χ4n) is 2.82. The molecule has 0 aliphatic heterocycles. The lowest BCUT2D eigenvalue weighted by Gasteiger charge is -2.08. The lowest BCUT2D eigenvalue weighted by atomic mass is 10.0. The van der Waals surface area contributed by atoms with Crippen LogP contribution in [0.4, 0.5) is 0 Å². The predicted molar refractivity (Wildman–Crippen MR) is 95.1 cm³/mol. The molecule has 2 heteroatoms. The standard InChI is InChI=1S/C21H16N2/c1-15-21(17-10-6-3-7-11-17)23-19-13-12-18(14-20(19)22-15)16-8-4-2-5-9-16/h2-14H,1H3. The summed E-state index contributed by atoms with van der Waals surface area (Å²) in [6.07, 6.45) is 0. The Kier molecular flexibility index (Phi) is 3.35. The van der Waals surface area contributed by atoms with E-state index in [0.717, 1.165) is 28.0 Å². The second kappa shape index (κ2) is 5.65. The van der Waals surface area contributed by atoms with Crippen LogP contribution in [0.25, 0.3) is 33.4 Å². The van der Waals surface area contributed by atoms with Gasteiger partial charge >= 0.3 is 0 Å². The van der Waals surface area contributed by atoms with Gasteiger partial charge in [0, 0.05) is 5.56 Å². The summed E-state index contributed by atoms with van der Waals surface area (Å²) in [4.78, 5) is 9.59. The van der Waals surface area contributed by atoms with Gasteiger partial charge in [-0.3, -0.25) is 0 Å². The average Bonchev–Trinajstić information content (AvgIpc) is 2.62. The van der Waals surface area contributed by atoms with E-state index in [1.807, 2.05) is 31.2 Å². The average molecular weight is 296 g/mol. The van der Waals surface area contributed by atoms with Gasteiger partial charge in [-0.05, 0) is 30.2 Å². The maximum Gasteiger partial charge on any atom is 0.0922 e. The smallest absolute Gasteiger partial charge is 0.0922 e. The van der Waals surface area contributed by atoms with Crippen molar-refractivity contribution in [1.82, 2.24) is 9.97 Å². The predicted octanol–water partition coefficient (Wildman–Crippen LogP) is 5.27. The van der Waals surface area contributed by atoms with Crippen molar-refractivity contribution in [3.8, 4) is 22.4 Å². The lowest BCUT2D eigenvalue weighted by Crippen LogP contribution is -1.94. The van der Waals surface area contributed by atoms with Gasteiger partial charge in [0.15, 0.2) is 0 Å². The maximum absolute atomic E-state index is 4.82. The molecule has 0 bridgehead atoms. The molecular formula is C21H16N2. The Morgan fingerprint density at radius 1 is 0.565 bits per heavy atom. The Morgan fingerprint density at radius 2 is 1.22 bits per heavy atom. The molecule has 3 aromatic carbocycles. The van der Waals surface area contributed by atoms with Crippen molar-refractivity contribution in [2.24, 2.45) is 0 Å². The minimum Gasteiger partial charge on any atom is -0.249 e. The number of hydrogen-bond donors (Lipinski definition) is 0. The summed E-state index contributed by atoms with van der Waals surface area (Å²) >= 11 is 0. The summed E-state index contributed by atoms with van der Waals surface area (Å²) in [6.45, 7) is 2.02. The summed E-state index contributed by atoms with van der Waals surface area (Å²) < 4.78 is 0. The van der Waals surface area contributed by atoms with Crippen molar-refractivity contribution in [3.05, 3.63) is 84.6 Å². The third kappa shape index (κ3) is 2.59. The first-order valence-corrected chi connectivity index (χ1v) is 7.70. The Hall–Kier alpha value is -3.00. The van der Waals surface area contributed by atoms with Crippen LogP contribution in [-0.2, 0) is 0 Å².